The van der Waals surface area contributed by atoms with Gasteiger partial charge in [-0.2, -0.15) is 5.10 Å². The molecular formula is C4H8N2. The summed E-state index contributed by atoms with van der Waals surface area (Å²) in [4.78, 5) is 0. The van der Waals surface area contributed by atoms with E-state index in [1.165, 1.54) is 6.42 Å². The molecule has 0 fully saturated rings. The first-order valence-electron chi connectivity index (χ1n) is 2.24. The third-order valence-electron chi connectivity index (χ3n) is 0.731. The smallest absolute Gasteiger partial charge is 0.132 e. The third-order valence-corrected chi connectivity index (χ3v) is 0.731. The Morgan fingerprint density at radius 1 is 1.83 bits per heavy atom. The molecule has 0 saturated heterocycles. The molecule has 0 aliphatic carbocycles. The Labute approximate surface area is 37.5 Å². The lowest BCUT2D eigenvalue weighted by molar-refractivity contribution is 0.551. The van der Waals surface area contributed by atoms with Gasteiger partial charge in [-0.15, -0.1) is 0 Å². The van der Waals surface area contributed by atoms with Gasteiger partial charge < -0.3 is 0 Å². The fourth-order valence-electron chi connectivity index (χ4n) is 0.381. The van der Waals surface area contributed by atoms with Crippen LogP contribution in [0.1, 0.15) is 13.3 Å². The molecule has 0 aromatic heterocycles. The number of nitrogens with zero attached hydrogens (tertiary/aromatic N) is 2. The zero-order valence-corrected chi connectivity index (χ0v) is 3.89. The zero-order chi connectivity index (χ0) is 4.41. The van der Waals surface area contributed by atoms with Crippen LogP contribution >= 0.6 is 0 Å². The molecule has 1 aliphatic rings. The van der Waals surface area contributed by atoms with E-state index in [0.717, 1.165) is 6.54 Å². The molecule has 0 aromatic rings. The largest absolute Gasteiger partial charge is 0.251 e. The predicted molar refractivity (Wildman–Crippen MR) is 25.5 cm³/mol. The Balaban J connectivity index is 1.90. The summed E-state index contributed by atoms with van der Waals surface area (Å²) in [5, 5.41) is 5.73. The lowest BCUT2D eigenvalue weighted by atomic mass is 10.5. The van der Waals surface area contributed by atoms with Crippen molar-refractivity contribution in [2.24, 2.45) is 5.10 Å². The van der Waals surface area contributed by atoms with Gasteiger partial charge in [-0.1, -0.05) is 6.92 Å². The summed E-state index contributed by atoms with van der Waals surface area (Å²) in [7, 11) is 0. The number of hydrogen-bond donors (Lipinski definition) is 0. The van der Waals surface area contributed by atoms with E-state index in [2.05, 4.69) is 12.0 Å². The summed E-state index contributed by atoms with van der Waals surface area (Å²) >= 11 is 0. The highest BCUT2D eigenvalue weighted by atomic mass is 15.6. The van der Waals surface area contributed by atoms with Gasteiger partial charge in [0, 0.05) is 6.54 Å². The molecule has 0 spiro atoms. The van der Waals surface area contributed by atoms with Crippen molar-refractivity contribution in [3.05, 3.63) is 0 Å². The fraction of sp³-hybridized carbons (Fsp3) is 0.750. The lowest BCUT2D eigenvalue weighted by Crippen LogP contribution is -1.96. The van der Waals surface area contributed by atoms with Crippen LogP contribution in [0.15, 0.2) is 5.10 Å². The molecule has 2 heteroatoms. The number of rotatable bonds is 2. The Morgan fingerprint density at radius 2 is 2.50 bits per heavy atom. The molecule has 0 amide bonds. The van der Waals surface area contributed by atoms with E-state index >= 15 is 0 Å². The van der Waals surface area contributed by atoms with Crippen molar-refractivity contribution in [2.75, 3.05) is 6.54 Å². The fourth-order valence-corrected chi connectivity index (χ4v) is 0.381. The average Bonchev–Trinajstić information content (AvgIpc) is 2.21. The van der Waals surface area contributed by atoms with Gasteiger partial charge in [0.25, 0.3) is 0 Å². The van der Waals surface area contributed by atoms with Crippen LogP contribution < -0.4 is 0 Å². The molecule has 0 unspecified atom stereocenters. The molecule has 1 rings (SSSR count). The van der Waals surface area contributed by atoms with E-state index in [4.69, 9.17) is 0 Å². The van der Waals surface area contributed by atoms with E-state index in [-0.39, 0.29) is 0 Å². The standard InChI is InChI=1S/C4H8N2/c1-2-3-6-4-5-6/h4H,2-3H2,1H3. The second-order valence-electron chi connectivity index (χ2n) is 1.39. The normalized spacial score (nSPS) is 15.8. The van der Waals surface area contributed by atoms with Crippen LogP contribution in [0.2, 0.25) is 0 Å². The van der Waals surface area contributed by atoms with Crippen LogP contribution in [0.3, 0.4) is 0 Å². The summed E-state index contributed by atoms with van der Waals surface area (Å²) in [6.07, 6.45) is 3.03. The van der Waals surface area contributed by atoms with E-state index in [1.54, 1.807) is 0 Å². The minimum atomic E-state index is 1.10. The van der Waals surface area contributed by atoms with E-state index in [1.807, 2.05) is 11.3 Å². The minimum Gasteiger partial charge on any atom is -0.251 e. The first-order valence-corrected chi connectivity index (χ1v) is 2.24. The average molecular weight is 84.1 g/mol. The maximum atomic E-state index is 3.80. The van der Waals surface area contributed by atoms with Crippen molar-refractivity contribution < 1.29 is 0 Å². The summed E-state index contributed by atoms with van der Waals surface area (Å²) in [5.74, 6) is 0. The Morgan fingerprint density at radius 3 is 2.67 bits per heavy atom. The molecule has 0 saturated carbocycles. The highest BCUT2D eigenvalue weighted by Gasteiger charge is 2.02. The van der Waals surface area contributed by atoms with Crippen LogP contribution in [0.5, 0.6) is 0 Å². The predicted octanol–water partition coefficient (Wildman–Crippen LogP) is 0.655. The molecule has 34 valence electrons. The van der Waals surface area contributed by atoms with Crippen LogP contribution in [0, 0.1) is 0 Å². The van der Waals surface area contributed by atoms with Crippen molar-refractivity contribution in [2.45, 2.75) is 13.3 Å². The molecular weight excluding hydrogens is 76.1 g/mol. The Hall–Kier alpha value is -0.530. The number of hydrazone groups is 1. The second-order valence-corrected chi connectivity index (χ2v) is 1.39. The van der Waals surface area contributed by atoms with Crippen LogP contribution in [0.4, 0.5) is 0 Å². The molecule has 1 aliphatic heterocycles. The summed E-state index contributed by atoms with van der Waals surface area (Å²) in [6.45, 7) is 3.24. The van der Waals surface area contributed by atoms with Crippen molar-refractivity contribution in [1.29, 1.82) is 0 Å². The van der Waals surface area contributed by atoms with E-state index < -0.39 is 0 Å². The molecule has 0 atom stereocenters. The molecule has 0 bridgehead atoms. The Bertz CT molecular complexity index is 61.9. The van der Waals surface area contributed by atoms with Gasteiger partial charge in [0.1, 0.15) is 6.34 Å². The molecule has 0 aromatic carbocycles. The van der Waals surface area contributed by atoms with E-state index in [0.29, 0.717) is 0 Å². The topological polar surface area (TPSA) is 15.4 Å². The third kappa shape index (κ3) is 0.708. The summed E-state index contributed by atoms with van der Waals surface area (Å²) < 4.78 is 0. The van der Waals surface area contributed by atoms with Crippen molar-refractivity contribution in [3.8, 4) is 0 Å². The van der Waals surface area contributed by atoms with Crippen LogP contribution in [-0.2, 0) is 0 Å². The molecule has 2 nitrogen and oxygen atoms in total. The van der Waals surface area contributed by atoms with Gasteiger partial charge in [-0.25, -0.2) is 0 Å². The minimum absolute atomic E-state index is 1.10. The first-order chi connectivity index (χ1) is 2.93. The summed E-state index contributed by atoms with van der Waals surface area (Å²) in [5.41, 5.74) is 0. The number of hydrogen-bond acceptors (Lipinski definition) is 2. The van der Waals surface area contributed by atoms with Gasteiger partial charge in [0.2, 0.25) is 0 Å². The molecule has 1 heterocycles. The van der Waals surface area contributed by atoms with Crippen molar-refractivity contribution in [1.82, 2.24) is 5.01 Å². The van der Waals surface area contributed by atoms with Crippen molar-refractivity contribution >= 4 is 6.34 Å². The Kier molecular flexibility index (Phi) is 0.783. The second kappa shape index (κ2) is 1.29. The quantitative estimate of drug-likeness (QED) is 0.479. The van der Waals surface area contributed by atoms with Crippen molar-refractivity contribution in [3.63, 3.8) is 0 Å². The highest BCUT2D eigenvalue weighted by molar-refractivity contribution is 5.64. The van der Waals surface area contributed by atoms with Gasteiger partial charge in [-0.3, -0.25) is 5.01 Å². The van der Waals surface area contributed by atoms with Gasteiger partial charge >= 0.3 is 0 Å². The summed E-state index contributed by atoms with van der Waals surface area (Å²) in [6, 6.07) is 0. The maximum absolute atomic E-state index is 3.80. The monoisotopic (exact) mass is 84.1 g/mol. The van der Waals surface area contributed by atoms with Gasteiger partial charge in [-0.05, 0) is 6.42 Å². The molecule has 6 heavy (non-hydrogen) atoms. The van der Waals surface area contributed by atoms with Gasteiger partial charge in [0.05, 0.1) is 0 Å². The molecule has 0 N–H and O–H groups in total. The zero-order valence-electron chi connectivity index (χ0n) is 3.89. The SMILES string of the molecule is CCCN1C=N1. The highest BCUT2D eigenvalue weighted by Crippen LogP contribution is 1.97. The van der Waals surface area contributed by atoms with E-state index in [9.17, 15) is 0 Å². The lowest BCUT2D eigenvalue weighted by Gasteiger charge is -1.89. The maximum Gasteiger partial charge on any atom is 0.132 e. The molecule has 0 radical (unpaired) electrons. The van der Waals surface area contributed by atoms with Crippen LogP contribution in [0.25, 0.3) is 0 Å². The first kappa shape index (κ1) is 3.65. The van der Waals surface area contributed by atoms with Gasteiger partial charge in [0.15, 0.2) is 0 Å². The van der Waals surface area contributed by atoms with Crippen LogP contribution in [-0.4, -0.2) is 17.9 Å².